The summed E-state index contributed by atoms with van der Waals surface area (Å²) in [5.41, 5.74) is 3.70. The highest BCUT2D eigenvalue weighted by Crippen LogP contribution is 2.07. The van der Waals surface area contributed by atoms with Crippen LogP contribution in [0.4, 0.5) is 0 Å². The quantitative estimate of drug-likeness (QED) is 0.280. The molecule has 0 aromatic heterocycles. The van der Waals surface area contributed by atoms with E-state index in [-0.39, 0.29) is 0 Å². The van der Waals surface area contributed by atoms with Crippen molar-refractivity contribution in [1.82, 2.24) is 0 Å². The van der Waals surface area contributed by atoms with Gasteiger partial charge in [-0.05, 0) is 52.2 Å². The van der Waals surface area contributed by atoms with Gasteiger partial charge in [-0.3, -0.25) is 4.79 Å². The molecule has 1 nitrogen and oxygen atoms in total. The number of allylic oxidation sites excluding steroid dienone is 8. The molecule has 88 valence electrons. The van der Waals surface area contributed by atoms with Crippen molar-refractivity contribution < 1.29 is 4.79 Å². The summed E-state index contributed by atoms with van der Waals surface area (Å²) >= 11 is 0. The lowest BCUT2D eigenvalue weighted by Crippen LogP contribution is -1.76. The van der Waals surface area contributed by atoms with Crippen LogP contribution in [0.25, 0.3) is 0 Å². The van der Waals surface area contributed by atoms with Gasteiger partial charge in [-0.15, -0.1) is 0 Å². The zero-order valence-corrected chi connectivity index (χ0v) is 10.8. The van der Waals surface area contributed by atoms with Gasteiger partial charge in [0.25, 0.3) is 0 Å². The van der Waals surface area contributed by atoms with E-state index in [1.807, 2.05) is 19.1 Å². The first-order valence-electron chi connectivity index (χ1n) is 5.65. The number of carbonyl (C=O) groups is 1. The van der Waals surface area contributed by atoms with Crippen molar-refractivity contribution in [2.24, 2.45) is 0 Å². The van der Waals surface area contributed by atoms with Crippen LogP contribution in [-0.2, 0) is 4.79 Å². The van der Waals surface area contributed by atoms with Crippen LogP contribution in [0.5, 0.6) is 0 Å². The molecule has 0 amide bonds. The maximum absolute atomic E-state index is 10.2. The molecule has 0 aliphatic heterocycles. The molecule has 0 N–H and O–H groups in total. The lowest BCUT2D eigenvalue weighted by molar-refractivity contribution is -0.104. The number of aldehydes is 1. The molecule has 16 heavy (non-hydrogen) atoms. The molecule has 1 heteroatoms. The van der Waals surface area contributed by atoms with Gasteiger partial charge in [-0.25, -0.2) is 0 Å². The maximum Gasteiger partial charge on any atom is 0.143 e. The predicted octanol–water partition coefficient (Wildman–Crippen LogP) is 4.38. The van der Waals surface area contributed by atoms with Gasteiger partial charge in [0.2, 0.25) is 0 Å². The first-order valence-corrected chi connectivity index (χ1v) is 5.65. The Balaban J connectivity index is 4.09. The highest BCUT2D eigenvalue weighted by Gasteiger charge is 1.86. The second-order valence-electron chi connectivity index (χ2n) is 4.24. The van der Waals surface area contributed by atoms with Crippen LogP contribution in [0.15, 0.2) is 47.1 Å². The molecule has 0 aromatic carbocycles. The van der Waals surface area contributed by atoms with Crippen LogP contribution in [0, 0.1) is 0 Å². The van der Waals surface area contributed by atoms with Crippen molar-refractivity contribution in [3.05, 3.63) is 47.1 Å². The number of carbonyl (C=O) groups excluding carboxylic acids is 1. The molecule has 0 saturated carbocycles. The van der Waals surface area contributed by atoms with E-state index in [2.05, 4.69) is 32.9 Å². The third-order valence-corrected chi connectivity index (χ3v) is 2.16. The Kier molecular flexibility index (Phi) is 8.14. The molecule has 0 fully saturated rings. The summed E-state index contributed by atoms with van der Waals surface area (Å²) in [5, 5.41) is 0. The summed E-state index contributed by atoms with van der Waals surface area (Å²) < 4.78 is 0. The Morgan fingerprint density at radius 3 is 2.31 bits per heavy atom. The third kappa shape index (κ3) is 9.20. The van der Waals surface area contributed by atoms with E-state index in [9.17, 15) is 4.79 Å². The molecule has 0 spiro atoms. The zero-order valence-electron chi connectivity index (χ0n) is 10.8. The Morgan fingerprint density at radius 1 is 1.06 bits per heavy atom. The Hall–Kier alpha value is -1.37. The Bertz CT molecular complexity index is 323. The van der Waals surface area contributed by atoms with E-state index in [0.717, 1.165) is 24.7 Å². The molecule has 0 heterocycles. The lowest BCUT2D eigenvalue weighted by atomic mass is 10.1. The number of hydrogen-bond acceptors (Lipinski definition) is 1. The molecular weight excluding hydrogens is 196 g/mol. The van der Waals surface area contributed by atoms with Crippen LogP contribution >= 0.6 is 0 Å². The summed E-state index contributed by atoms with van der Waals surface area (Å²) in [7, 11) is 0. The fourth-order valence-corrected chi connectivity index (χ4v) is 1.20. The highest BCUT2D eigenvalue weighted by molar-refractivity contribution is 5.66. The average Bonchev–Trinajstić information content (AvgIpc) is 2.17. The van der Waals surface area contributed by atoms with E-state index in [0.29, 0.717) is 0 Å². The van der Waals surface area contributed by atoms with Gasteiger partial charge in [-0.2, -0.15) is 0 Å². The second kappa shape index (κ2) is 8.90. The minimum atomic E-state index is 0.811. The van der Waals surface area contributed by atoms with Gasteiger partial charge in [0, 0.05) is 0 Å². The van der Waals surface area contributed by atoms with E-state index < -0.39 is 0 Å². The molecule has 0 rings (SSSR count). The lowest BCUT2D eigenvalue weighted by Gasteiger charge is -1.96. The van der Waals surface area contributed by atoms with Crippen LogP contribution in [0.2, 0.25) is 0 Å². The van der Waals surface area contributed by atoms with E-state index in [1.165, 1.54) is 11.1 Å². The first kappa shape index (κ1) is 14.6. The van der Waals surface area contributed by atoms with Crippen LogP contribution in [-0.4, -0.2) is 6.29 Å². The standard InChI is InChI=1S/C15H22O/c1-13(2)7-5-8-14(3)9-6-10-15(4)11-12-16/h6-7,9-12H,5,8H2,1-4H3/b10-6+,14-9?,15-11+. The molecule has 0 aromatic rings. The molecule has 0 saturated heterocycles. The Labute approximate surface area is 99.3 Å². The fraction of sp³-hybridized carbons (Fsp3) is 0.400. The number of hydrogen-bond donors (Lipinski definition) is 0. The van der Waals surface area contributed by atoms with Gasteiger partial charge in [-0.1, -0.05) is 35.5 Å². The van der Waals surface area contributed by atoms with Crippen molar-refractivity contribution in [2.75, 3.05) is 0 Å². The summed E-state index contributed by atoms with van der Waals surface area (Å²) in [6.07, 6.45) is 12.8. The van der Waals surface area contributed by atoms with Crippen molar-refractivity contribution in [2.45, 2.75) is 40.5 Å². The van der Waals surface area contributed by atoms with Crippen molar-refractivity contribution in [1.29, 1.82) is 0 Å². The normalized spacial score (nSPS) is 13.0. The second-order valence-corrected chi connectivity index (χ2v) is 4.24. The fourth-order valence-electron chi connectivity index (χ4n) is 1.20. The van der Waals surface area contributed by atoms with Crippen molar-refractivity contribution in [3.8, 4) is 0 Å². The van der Waals surface area contributed by atoms with Gasteiger partial charge < -0.3 is 0 Å². The van der Waals surface area contributed by atoms with E-state index in [1.54, 1.807) is 6.08 Å². The third-order valence-electron chi connectivity index (χ3n) is 2.16. The molecule has 0 radical (unpaired) electrons. The molecule has 0 unspecified atom stereocenters. The largest absolute Gasteiger partial charge is 0.299 e. The van der Waals surface area contributed by atoms with Gasteiger partial charge in [0.1, 0.15) is 6.29 Å². The topological polar surface area (TPSA) is 17.1 Å². The predicted molar refractivity (Wildman–Crippen MR) is 71.4 cm³/mol. The highest BCUT2D eigenvalue weighted by atomic mass is 16.1. The van der Waals surface area contributed by atoms with Crippen LogP contribution in [0.1, 0.15) is 40.5 Å². The van der Waals surface area contributed by atoms with E-state index >= 15 is 0 Å². The SMILES string of the molecule is CC(C)=CCCC(C)=C/C=C/C(C)=C/C=O. The maximum atomic E-state index is 10.2. The molecular formula is C15H22O. The zero-order chi connectivity index (χ0) is 12.4. The first-order chi connectivity index (χ1) is 7.56. The molecule has 0 bridgehead atoms. The van der Waals surface area contributed by atoms with Gasteiger partial charge >= 0.3 is 0 Å². The molecule has 0 aliphatic carbocycles. The summed E-state index contributed by atoms with van der Waals surface area (Å²) in [5.74, 6) is 0. The average molecular weight is 218 g/mol. The van der Waals surface area contributed by atoms with Gasteiger partial charge in [0.05, 0.1) is 0 Å². The minimum Gasteiger partial charge on any atom is -0.299 e. The van der Waals surface area contributed by atoms with Crippen molar-refractivity contribution in [3.63, 3.8) is 0 Å². The van der Waals surface area contributed by atoms with Crippen LogP contribution in [0.3, 0.4) is 0 Å². The molecule has 0 aliphatic rings. The summed E-state index contributed by atoms with van der Waals surface area (Å²) in [6, 6.07) is 0. The van der Waals surface area contributed by atoms with E-state index in [4.69, 9.17) is 0 Å². The Morgan fingerprint density at radius 2 is 1.75 bits per heavy atom. The number of rotatable bonds is 6. The van der Waals surface area contributed by atoms with Crippen LogP contribution < -0.4 is 0 Å². The minimum absolute atomic E-state index is 0.811. The molecule has 0 atom stereocenters. The van der Waals surface area contributed by atoms with Crippen molar-refractivity contribution >= 4 is 6.29 Å². The van der Waals surface area contributed by atoms with Gasteiger partial charge in [0.15, 0.2) is 0 Å². The monoisotopic (exact) mass is 218 g/mol. The smallest absolute Gasteiger partial charge is 0.143 e. The summed E-state index contributed by atoms with van der Waals surface area (Å²) in [6.45, 7) is 8.28. The summed E-state index contributed by atoms with van der Waals surface area (Å²) in [4.78, 5) is 10.2.